The molecule has 1 N–H and O–H groups in total. The van der Waals surface area contributed by atoms with Crippen LogP contribution in [0.3, 0.4) is 0 Å². The van der Waals surface area contributed by atoms with Gasteiger partial charge in [0, 0.05) is 11.6 Å². The molecule has 116 valence electrons. The maximum atomic E-state index is 13.5. The fourth-order valence-corrected chi connectivity index (χ4v) is 2.23. The zero-order valence-corrected chi connectivity index (χ0v) is 12.3. The zero-order chi connectivity index (χ0) is 16.4. The van der Waals surface area contributed by atoms with Gasteiger partial charge in [-0.3, -0.25) is 5.43 Å². The number of aryl methyl sites for hydroxylation is 3. The van der Waals surface area contributed by atoms with Gasteiger partial charge in [0.1, 0.15) is 5.69 Å². The van der Waals surface area contributed by atoms with Crippen LogP contribution in [0.2, 0.25) is 0 Å². The zero-order valence-electron chi connectivity index (χ0n) is 12.3. The average molecular weight is 310 g/mol. The summed E-state index contributed by atoms with van der Waals surface area (Å²) in [6.07, 6.45) is 1.35. The first-order valence-electron chi connectivity index (χ1n) is 6.51. The Hall–Kier alpha value is -2.37. The van der Waals surface area contributed by atoms with Crippen LogP contribution < -0.4 is 5.43 Å². The molecule has 0 radical (unpaired) electrons. The van der Waals surface area contributed by atoms with Crippen LogP contribution >= 0.6 is 0 Å². The molecule has 0 aliphatic heterocycles. The number of hydrazone groups is 1. The van der Waals surface area contributed by atoms with Gasteiger partial charge in [-0.1, -0.05) is 17.7 Å². The maximum absolute atomic E-state index is 13.5. The summed E-state index contributed by atoms with van der Waals surface area (Å²) in [5.74, 6) is -6.01. The molecule has 2 nitrogen and oxygen atoms in total. The number of anilines is 1. The van der Waals surface area contributed by atoms with Crippen molar-refractivity contribution in [2.24, 2.45) is 5.10 Å². The quantitative estimate of drug-likeness (QED) is 0.380. The molecular formula is C16H14F4N2. The molecule has 2 rings (SSSR count). The highest BCUT2D eigenvalue weighted by Crippen LogP contribution is 2.24. The number of benzene rings is 2. The van der Waals surface area contributed by atoms with Crippen molar-refractivity contribution < 1.29 is 17.6 Å². The lowest BCUT2D eigenvalue weighted by atomic mass is 10.0. The van der Waals surface area contributed by atoms with Crippen molar-refractivity contribution >= 4 is 11.9 Å². The van der Waals surface area contributed by atoms with Gasteiger partial charge in [-0.25, -0.2) is 17.6 Å². The number of nitrogens with zero attached hydrogens (tertiary/aromatic N) is 1. The fourth-order valence-electron chi connectivity index (χ4n) is 2.23. The van der Waals surface area contributed by atoms with Gasteiger partial charge in [-0.05, 0) is 31.9 Å². The SMILES string of the molecule is Cc1cc(C)c(C=NNc2c(F)c(F)cc(F)c2F)c(C)c1. The first kappa shape index (κ1) is 16.0. The summed E-state index contributed by atoms with van der Waals surface area (Å²) in [6, 6.07) is 4.00. The standard InChI is InChI=1S/C16H14F4N2/c1-8-4-9(2)11(10(3)5-8)7-21-22-16-14(19)12(17)6-13(18)15(16)20/h4-7,22H,1-3H3. The van der Waals surface area contributed by atoms with Gasteiger partial charge in [-0.15, -0.1) is 0 Å². The van der Waals surface area contributed by atoms with E-state index in [4.69, 9.17) is 0 Å². The molecule has 0 fully saturated rings. The minimum atomic E-state index is -1.52. The number of rotatable bonds is 3. The van der Waals surface area contributed by atoms with Gasteiger partial charge in [0.05, 0.1) is 6.21 Å². The Balaban J connectivity index is 2.32. The summed E-state index contributed by atoms with van der Waals surface area (Å²) in [5, 5.41) is 3.68. The second-order valence-electron chi connectivity index (χ2n) is 5.03. The summed E-state index contributed by atoms with van der Waals surface area (Å²) in [5.41, 5.74) is 4.74. The Bertz CT molecular complexity index is 705. The van der Waals surface area contributed by atoms with Crippen molar-refractivity contribution in [1.82, 2.24) is 0 Å². The predicted octanol–water partition coefficient (Wildman–Crippen LogP) is 4.61. The lowest BCUT2D eigenvalue weighted by molar-refractivity contribution is 0.458. The van der Waals surface area contributed by atoms with Crippen molar-refractivity contribution in [2.45, 2.75) is 20.8 Å². The van der Waals surface area contributed by atoms with Gasteiger partial charge >= 0.3 is 0 Å². The third kappa shape index (κ3) is 3.10. The van der Waals surface area contributed by atoms with Crippen LogP contribution in [0.1, 0.15) is 22.3 Å². The van der Waals surface area contributed by atoms with E-state index < -0.39 is 29.0 Å². The smallest absolute Gasteiger partial charge is 0.186 e. The summed E-state index contributed by atoms with van der Waals surface area (Å²) in [7, 11) is 0. The third-order valence-electron chi connectivity index (χ3n) is 3.22. The molecule has 0 bridgehead atoms. The second-order valence-corrected chi connectivity index (χ2v) is 5.03. The van der Waals surface area contributed by atoms with Crippen molar-refractivity contribution in [3.63, 3.8) is 0 Å². The summed E-state index contributed by atoms with van der Waals surface area (Å²) < 4.78 is 53.1. The minimum absolute atomic E-state index is 0.147. The van der Waals surface area contributed by atoms with Gasteiger partial charge in [-0.2, -0.15) is 5.10 Å². The van der Waals surface area contributed by atoms with E-state index in [1.807, 2.05) is 38.3 Å². The first-order chi connectivity index (χ1) is 10.3. The lowest BCUT2D eigenvalue weighted by Gasteiger charge is -2.08. The molecule has 0 heterocycles. The monoisotopic (exact) mass is 310 g/mol. The minimum Gasteiger partial charge on any atom is -0.272 e. The van der Waals surface area contributed by atoms with Crippen LogP contribution in [0.25, 0.3) is 0 Å². The Morgan fingerprint density at radius 3 is 1.86 bits per heavy atom. The van der Waals surface area contributed by atoms with Crippen molar-refractivity contribution in [2.75, 3.05) is 5.43 Å². The van der Waals surface area contributed by atoms with Crippen LogP contribution in [0, 0.1) is 44.0 Å². The van der Waals surface area contributed by atoms with Crippen LogP contribution in [0.5, 0.6) is 0 Å². The third-order valence-corrected chi connectivity index (χ3v) is 3.22. The van der Waals surface area contributed by atoms with Crippen LogP contribution in [0.4, 0.5) is 23.2 Å². The Kier molecular flexibility index (Phi) is 4.49. The molecule has 22 heavy (non-hydrogen) atoms. The summed E-state index contributed by atoms with van der Waals surface area (Å²) >= 11 is 0. The van der Waals surface area contributed by atoms with Crippen molar-refractivity contribution in [3.05, 3.63) is 63.7 Å². The van der Waals surface area contributed by atoms with E-state index in [9.17, 15) is 17.6 Å². The number of halogens is 4. The summed E-state index contributed by atoms with van der Waals surface area (Å²) in [4.78, 5) is 0. The molecule has 0 atom stereocenters. The van der Waals surface area contributed by atoms with Crippen LogP contribution in [-0.4, -0.2) is 6.21 Å². The van der Waals surface area contributed by atoms with Crippen molar-refractivity contribution in [1.29, 1.82) is 0 Å². The fraction of sp³-hybridized carbons (Fsp3) is 0.188. The van der Waals surface area contributed by atoms with Crippen LogP contribution in [0.15, 0.2) is 23.3 Å². The van der Waals surface area contributed by atoms with E-state index in [0.29, 0.717) is 0 Å². The van der Waals surface area contributed by atoms with Gasteiger partial charge in [0.25, 0.3) is 0 Å². The normalized spacial score (nSPS) is 11.2. The number of hydrogen-bond donors (Lipinski definition) is 1. The van der Waals surface area contributed by atoms with Gasteiger partial charge < -0.3 is 0 Å². The molecule has 2 aromatic carbocycles. The number of hydrogen-bond acceptors (Lipinski definition) is 2. The topological polar surface area (TPSA) is 24.4 Å². The molecule has 0 saturated carbocycles. The molecule has 0 aliphatic rings. The highest BCUT2D eigenvalue weighted by Gasteiger charge is 2.18. The van der Waals surface area contributed by atoms with E-state index in [2.05, 4.69) is 5.10 Å². The molecule has 0 aromatic heterocycles. The molecule has 2 aromatic rings. The highest BCUT2D eigenvalue weighted by atomic mass is 19.2. The Morgan fingerprint density at radius 2 is 1.36 bits per heavy atom. The maximum Gasteiger partial charge on any atom is 0.186 e. The van der Waals surface area contributed by atoms with Gasteiger partial charge in [0.2, 0.25) is 0 Å². The molecule has 0 unspecified atom stereocenters. The largest absolute Gasteiger partial charge is 0.272 e. The van der Waals surface area contributed by atoms with E-state index in [-0.39, 0.29) is 6.07 Å². The average Bonchev–Trinajstić information content (AvgIpc) is 2.42. The predicted molar refractivity (Wildman–Crippen MR) is 78.1 cm³/mol. The lowest BCUT2D eigenvalue weighted by Crippen LogP contribution is -2.03. The molecule has 0 aliphatic carbocycles. The Labute approximate surface area is 125 Å². The van der Waals surface area contributed by atoms with E-state index >= 15 is 0 Å². The summed E-state index contributed by atoms with van der Waals surface area (Å²) in [6.45, 7) is 5.67. The first-order valence-corrected chi connectivity index (χ1v) is 6.51. The van der Waals surface area contributed by atoms with E-state index in [1.165, 1.54) is 6.21 Å². The van der Waals surface area contributed by atoms with E-state index in [1.54, 1.807) is 0 Å². The second kappa shape index (κ2) is 6.17. The van der Waals surface area contributed by atoms with Crippen LogP contribution in [-0.2, 0) is 0 Å². The molecule has 0 spiro atoms. The van der Waals surface area contributed by atoms with E-state index in [0.717, 1.165) is 22.3 Å². The Morgan fingerprint density at radius 1 is 0.864 bits per heavy atom. The molecular weight excluding hydrogens is 296 g/mol. The number of nitrogens with one attached hydrogen (secondary N) is 1. The molecule has 6 heteroatoms. The van der Waals surface area contributed by atoms with Gasteiger partial charge in [0.15, 0.2) is 23.3 Å². The highest BCUT2D eigenvalue weighted by molar-refractivity contribution is 5.84. The van der Waals surface area contributed by atoms with Crippen molar-refractivity contribution in [3.8, 4) is 0 Å². The molecule has 0 amide bonds. The molecule has 0 saturated heterocycles.